The van der Waals surface area contributed by atoms with Gasteiger partial charge >= 0.3 is 5.97 Å². The van der Waals surface area contributed by atoms with Gasteiger partial charge in [-0.15, -0.1) is 24.2 Å². The van der Waals surface area contributed by atoms with Crippen molar-refractivity contribution in [3.8, 4) is 0 Å². The van der Waals surface area contributed by atoms with E-state index in [1.54, 1.807) is 12.3 Å². The number of rotatable bonds is 3. The standard InChI is InChI=1S/C14H14N2O2S.ClH/c17-14(18)11-1-2-13-12(6-11)5-10(8-19-13)7-16-4-3-15-9-16;/h1-4,6,9-10H,5,7-8H2,(H,17,18);1H. The fourth-order valence-electron chi connectivity index (χ4n) is 2.40. The van der Waals surface area contributed by atoms with Gasteiger partial charge in [0.25, 0.3) is 0 Å². The first-order chi connectivity index (χ1) is 9.22. The molecule has 106 valence electrons. The highest BCUT2D eigenvalue weighted by atomic mass is 35.5. The van der Waals surface area contributed by atoms with E-state index in [9.17, 15) is 4.79 Å². The van der Waals surface area contributed by atoms with E-state index in [-0.39, 0.29) is 12.4 Å². The second-order valence-electron chi connectivity index (χ2n) is 4.77. The Kier molecular flexibility index (Phi) is 4.73. The van der Waals surface area contributed by atoms with E-state index in [0.717, 1.165) is 24.3 Å². The number of carbonyl (C=O) groups is 1. The van der Waals surface area contributed by atoms with Gasteiger partial charge in [-0.1, -0.05) is 0 Å². The second-order valence-corrected chi connectivity index (χ2v) is 5.83. The van der Waals surface area contributed by atoms with Crippen LogP contribution in [0.15, 0.2) is 41.8 Å². The molecule has 0 radical (unpaired) electrons. The van der Waals surface area contributed by atoms with Crippen molar-refractivity contribution < 1.29 is 9.90 Å². The van der Waals surface area contributed by atoms with E-state index >= 15 is 0 Å². The van der Waals surface area contributed by atoms with Crippen LogP contribution in [0, 0.1) is 5.92 Å². The van der Waals surface area contributed by atoms with Crippen molar-refractivity contribution >= 4 is 30.1 Å². The summed E-state index contributed by atoms with van der Waals surface area (Å²) >= 11 is 1.81. The number of aromatic nitrogens is 2. The lowest BCUT2D eigenvalue weighted by molar-refractivity contribution is 0.0696. The Morgan fingerprint density at radius 1 is 1.50 bits per heavy atom. The largest absolute Gasteiger partial charge is 0.478 e. The average molecular weight is 311 g/mol. The molecule has 6 heteroatoms. The number of carboxylic acid groups (broad SMARTS) is 1. The minimum Gasteiger partial charge on any atom is -0.478 e. The number of carboxylic acids is 1. The fourth-order valence-corrected chi connectivity index (χ4v) is 3.53. The van der Waals surface area contributed by atoms with Gasteiger partial charge in [-0.05, 0) is 36.1 Å². The third-order valence-electron chi connectivity index (χ3n) is 3.32. The van der Waals surface area contributed by atoms with Crippen LogP contribution in [0.2, 0.25) is 0 Å². The molecule has 20 heavy (non-hydrogen) atoms. The second kappa shape index (κ2) is 6.33. The van der Waals surface area contributed by atoms with Crippen molar-refractivity contribution in [2.24, 2.45) is 5.92 Å². The van der Waals surface area contributed by atoms with Crippen LogP contribution >= 0.6 is 24.2 Å². The lowest BCUT2D eigenvalue weighted by Crippen LogP contribution is -2.19. The molecule has 0 amide bonds. The molecule has 2 aromatic rings. The summed E-state index contributed by atoms with van der Waals surface area (Å²) in [6.45, 7) is 0.934. The van der Waals surface area contributed by atoms with Gasteiger partial charge in [-0.2, -0.15) is 0 Å². The zero-order valence-electron chi connectivity index (χ0n) is 10.7. The van der Waals surface area contributed by atoms with Gasteiger partial charge in [-0.3, -0.25) is 0 Å². The fraction of sp³-hybridized carbons (Fsp3) is 0.286. The lowest BCUT2D eigenvalue weighted by atomic mass is 9.98. The molecular formula is C14H15ClN2O2S. The summed E-state index contributed by atoms with van der Waals surface area (Å²) in [5.74, 6) is 0.734. The molecule has 2 heterocycles. The number of thioether (sulfide) groups is 1. The van der Waals surface area contributed by atoms with Crippen LogP contribution in [0.1, 0.15) is 15.9 Å². The number of nitrogens with zero attached hydrogens (tertiary/aromatic N) is 2. The first-order valence-corrected chi connectivity index (χ1v) is 7.15. The molecule has 0 fully saturated rings. The monoisotopic (exact) mass is 310 g/mol. The highest BCUT2D eigenvalue weighted by Crippen LogP contribution is 2.34. The van der Waals surface area contributed by atoms with Gasteiger partial charge in [0, 0.05) is 29.6 Å². The molecule has 0 spiro atoms. The third kappa shape index (κ3) is 3.16. The number of hydrogen-bond acceptors (Lipinski definition) is 3. The van der Waals surface area contributed by atoms with Crippen LogP contribution < -0.4 is 0 Å². The molecule has 0 bridgehead atoms. The Bertz CT molecular complexity index is 601. The molecule has 4 nitrogen and oxygen atoms in total. The zero-order valence-corrected chi connectivity index (χ0v) is 12.4. The molecule has 1 aliphatic heterocycles. The Hall–Kier alpha value is -1.46. The number of aromatic carboxylic acids is 1. The SMILES string of the molecule is Cl.O=C(O)c1ccc2c(c1)CC(Cn1ccnc1)CS2. The summed E-state index contributed by atoms with van der Waals surface area (Å²) in [4.78, 5) is 16.3. The van der Waals surface area contributed by atoms with Gasteiger partial charge in [-0.25, -0.2) is 9.78 Å². The van der Waals surface area contributed by atoms with Crippen LogP contribution in [-0.4, -0.2) is 26.4 Å². The van der Waals surface area contributed by atoms with Crippen LogP contribution in [0.3, 0.4) is 0 Å². The summed E-state index contributed by atoms with van der Waals surface area (Å²) in [6, 6.07) is 5.42. The van der Waals surface area contributed by atoms with Crippen molar-refractivity contribution in [2.75, 3.05) is 5.75 Å². The summed E-state index contributed by atoms with van der Waals surface area (Å²) < 4.78 is 2.08. The lowest BCUT2D eigenvalue weighted by Gasteiger charge is -2.24. The topological polar surface area (TPSA) is 55.1 Å². The normalized spacial score (nSPS) is 17.1. The molecule has 1 N–H and O–H groups in total. The zero-order chi connectivity index (χ0) is 13.2. The van der Waals surface area contributed by atoms with Crippen molar-refractivity contribution in [1.29, 1.82) is 0 Å². The van der Waals surface area contributed by atoms with Crippen molar-refractivity contribution in [3.63, 3.8) is 0 Å². The Morgan fingerprint density at radius 2 is 2.35 bits per heavy atom. The van der Waals surface area contributed by atoms with E-state index in [1.807, 2.05) is 36.4 Å². The number of halogens is 1. The minimum atomic E-state index is -0.857. The smallest absolute Gasteiger partial charge is 0.335 e. The Labute approximate surface area is 127 Å². The Balaban J connectivity index is 0.00000147. The third-order valence-corrected chi connectivity index (χ3v) is 4.67. The van der Waals surface area contributed by atoms with Crippen LogP contribution in [-0.2, 0) is 13.0 Å². The summed E-state index contributed by atoms with van der Waals surface area (Å²) in [5, 5.41) is 9.04. The summed E-state index contributed by atoms with van der Waals surface area (Å²) in [7, 11) is 0. The summed E-state index contributed by atoms with van der Waals surface area (Å²) in [6.07, 6.45) is 6.51. The van der Waals surface area contributed by atoms with Gasteiger partial charge in [0.05, 0.1) is 11.9 Å². The number of hydrogen-bond donors (Lipinski definition) is 1. The molecule has 0 aliphatic carbocycles. The van der Waals surface area contributed by atoms with E-state index in [2.05, 4.69) is 9.55 Å². The van der Waals surface area contributed by atoms with E-state index in [1.165, 1.54) is 4.90 Å². The maximum atomic E-state index is 11.0. The molecule has 1 aliphatic rings. The van der Waals surface area contributed by atoms with Crippen molar-refractivity contribution in [1.82, 2.24) is 9.55 Å². The summed E-state index contributed by atoms with van der Waals surface area (Å²) in [5.41, 5.74) is 1.53. The minimum absolute atomic E-state index is 0. The van der Waals surface area contributed by atoms with E-state index in [0.29, 0.717) is 11.5 Å². The van der Waals surface area contributed by atoms with Crippen molar-refractivity contribution in [3.05, 3.63) is 48.0 Å². The molecule has 3 rings (SSSR count). The number of benzene rings is 1. The maximum absolute atomic E-state index is 11.0. The average Bonchev–Trinajstić information content (AvgIpc) is 2.90. The quantitative estimate of drug-likeness (QED) is 0.947. The van der Waals surface area contributed by atoms with Gasteiger partial charge in [0.2, 0.25) is 0 Å². The number of imidazole rings is 1. The van der Waals surface area contributed by atoms with Gasteiger partial charge in [0.15, 0.2) is 0 Å². The predicted molar refractivity (Wildman–Crippen MR) is 80.8 cm³/mol. The Morgan fingerprint density at radius 3 is 3.05 bits per heavy atom. The highest BCUT2D eigenvalue weighted by molar-refractivity contribution is 7.99. The van der Waals surface area contributed by atoms with Crippen LogP contribution in [0.5, 0.6) is 0 Å². The highest BCUT2D eigenvalue weighted by Gasteiger charge is 2.20. The molecule has 0 saturated heterocycles. The molecule has 1 unspecified atom stereocenters. The van der Waals surface area contributed by atoms with Crippen LogP contribution in [0.4, 0.5) is 0 Å². The molecule has 0 saturated carbocycles. The number of fused-ring (bicyclic) bond motifs is 1. The molecule has 1 aromatic heterocycles. The van der Waals surface area contributed by atoms with Gasteiger partial charge < -0.3 is 9.67 Å². The maximum Gasteiger partial charge on any atom is 0.335 e. The van der Waals surface area contributed by atoms with E-state index in [4.69, 9.17) is 5.11 Å². The van der Waals surface area contributed by atoms with Gasteiger partial charge in [0.1, 0.15) is 0 Å². The van der Waals surface area contributed by atoms with E-state index < -0.39 is 5.97 Å². The molecule has 1 atom stereocenters. The molecular weight excluding hydrogens is 296 g/mol. The predicted octanol–water partition coefficient (Wildman–Crippen LogP) is 2.97. The molecule has 1 aromatic carbocycles. The van der Waals surface area contributed by atoms with Crippen molar-refractivity contribution in [2.45, 2.75) is 17.9 Å². The first kappa shape index (κ1) is 14.9. The van der Waals surface area contributed by atoms with Crippen LogP contribution in [0.25, 0.3) is 0 Å². The first-order valence-electron chi connectivity index (χ1n) is 6.17.